The van der Waals surface area contributed by atoms with Crippen LogP contribution < -0.4 is 8.85 Å². The van der Waals surface area contributed by atoms with Crippen molar-refractivity contribution in [3.8, 4) is 11.5 Å². The van der Waals surface area contributed by atoms with Crippen molar-refractivity contribution in [2.24, 2.45) is 0 Å². The van der Waals surface area contributed by atoms with E-state index in [1.807, 2.05) is 0 Å². The molecule has 0 aromatic heterocycles. The molecule has 2 aromatic carbocycles. The second-order valence-corrected chi connectivity index (χ2v) is 23.1. The van der Waals surface area contributed by atoms with Crippen molar-refractivity contribution >= 4 is 28.8 Å². The van der Waals surface area contributed by atoms with Crippen molar-refractivity contribution < 1.29 is 8.85 Å². The minimum absolute atomic E-state index is 0.515. The summed E-state index contributed by atoms with van der Waals surface area (Å²) >= 11 is 0. The summed E-state index contributed by atoms with van der Waals surface area (Å²) < 4.78 is 14.3. The lowest BCUT2D eigenvalue weighted by molar-refractivity contribution is 0.461. The van der Waals surface area contributed by atoms with E-state index >= 15 is 0 Å². The van der Waals surface area contributed by atoms with Crippen LogP contribution >= 0.6 is 0 Å². The lowest BCUT2D eigenvalue weighted by Crippen LogP contribution is -2.51. The zero-order valence-electron chi connectivity index (χ0n) is 25.1. The van der Waals surface area contributed by atoms with E-state index in [0.717, 1.165) is 17.1 Å². The molecule has 0 spiro atoms. The van der Waals surface area contributed by atoms with Gasteiger partial charge in [-0.3, -0.25) is 0 Å². The Hall–Kier alpha value is -1.79. The number of hydrogen-bond donors (Lipinski definition) is 0. The van der Waals surface area contributed by atoms with E-state index in [4.69, 9.17) is 8.85 Å². The third kappa shape index (κ3) is 6.55. The Bertz CT molecular complexity index is 879. The Balaban J connectivity index is 2.66. The summed E-state index contributed by atoms with van der Waals surface area (Å²) in [5.74, 6) is 1.92. The molecule has 36 heavy (non-hydrogen) atoms. The van der Waals surface area contributed by atoms with Crippen LogP contribution in [0.1, 0.15) is 94.2 Å². The molecule has 0 bridgehead atoms. The summed E-state index contributed by atoms with van der Waals surface area (Å²) in [6, 6.07) is 17.1. The van der Waals surface area contributed by atoms with Gasteiger partial charge in [0.15, 0.2) is 0 Å². The van der Waals surface area contributed by atoms with Gasteiger partial charge in [0.1, 0.15) is 11.5 Å². The predicted octanol–water partition coefficient (Wildman–Crippen LogP) is 11.0. The maximum atomic E-state index is 7.16. The van der Waals surface area contributed by atoms with E-state index in [2.05, 4.69) is 144 Å². The second kappa shape index (κ2) is 12.6. The average molecular weight is 525 g/mol. The van der Waals surface area contributed by atoms with Gasteiger partial charge in [0.2, 0.25) is 0 Å². The van der Waals surface area contributed by atoms with Crippen LogP contribution in [0.3, 0.4) is 0 Å². The molecule has 0 unspecified atom stereocenters. The summed E-state index contributed by atoms with van der Waals surface area (Å²) in [7, 11) is -4.19. The Labute approximate surface area is 224 Å². The molecule has 0 saturated heterocycles. The van der Waals surface area contributed by atoms with E-state index in [1.165, 1.54) is 5.56 Å². The first-order chi connectivity index (χ1) is 16.8. The SMILES string of the molecule is CC(C)[Si](Oc1cc(/C=C/c2ccccc2)cc(O[Si](C(C)C)(C(C)C)C(C)C)c1)(C(C)C)C(C)C. The highest BCUT2D eigenvalue weighted by Gasteiger charge is 2.48. The van der Waals surface area contributed by atoms with Gasteiger partial charge in [-0.1, -0.05) is 126 Å². The molecule has 0 amide bonds. The number of rotatable bonds is 12. The summed E-state index contributed by atoms with van der Waals surface area (Å²) in [5.41, 5.74) is 5.41. The van der Waals surface area contributed by atoms with E-state index in [9.17, 15) is 0 Å². The van der Waals surface area contributed by atoms with E-state index in [1.54, 1.807) is 0 Å². The molecule has 0 aliphatic heterocycles. The van der Waals surface area contributed by atoms with Crippen LogP contribution in [0.5, 0.6) is 11.5 Å². The largest absolute Gasteiger partial charge is 0.543 e. The van der Waals surface area contributed by atoms with Gasteiger partial charge >= 0.3 is 0 Å². The van der Waals surface area contributed by atoms with Gasteiger partial charge in [-0.15, -0.1) is 0 Å². The average Bonchev–Trinajstić information content (AvgIpc) is 2.78. The summed E-state index contributed by atoms with van der Waals surface area (Å²) in [6.07, 6.45) is 4.38. The van der Waals surface area contributed by atoms with Gasteiger partial charge in [0.25, 0.3) is 16.6 Å². The first-order valence-corrected chi connectivity index (χ1v) is 18.3. The molecule has 0 saturated carbocycles. The Morgan fingerprint density at radius 1 is 0.472 bits per heavy atom. The maximum absolute atomic E-state index is 7.16. The summed E-state index contributed by atoms with van der Waals surface area (Å²) in [5, 5.41) is 0. The van der Waals surface area contributed by atoms with Crippen LogP contribution in [0.4, 0.5) is 0 Å². The van der Waals surface area contributed by atoms with Crippen LogP contribution in [-0.2, 0) is 0 Å². The highest BCUT2D eigenvalue weighted by atomic mass is 28.4. The van der Waals surface area contributed by atoms with Crippen molar-refractivity contribution in [1.82, 2.24) is 0 Å². The van der Waals surface area contributed by atoms with Crippen LogP contribution in [0.2, 0.25) is 33.2 Å². The molecule has 0 fully saturated rings. The van der Waals surface area contributed by atoms with Gasteiger partial charge in [-0.2, -0.15) is 0 Å². The highest BCUT2D eigenvalue weighted by Crippen LogP contribution is 2.46. The first kappa shape index (κ1) is 30.4. The van der Waals surface area contributed by atoms with Gasteiger partial charge in [-0.25, -0.2) is 0 Å². The lowest BCUT2D eigenvalue weighted by Gasteiger charge is -2.43. The second-order valence-electron chi connectivity index (χ2n) is 12.3. The monoisotopic (exact) mass is 524 g/mol. The zero-order chi connectivity index (χ0) is 27.3. The summed E-state index contributed by atoms with van der Waals surface area (Å²) in [6.45, 7) is 28.1. The molecular formula is C32H52O2Si2. The maximum Gasteiger partial charge on any atom is 0.258 e. The molecule has 0 aliphatic rings. The van der Waals surface area contributed by atoms with Crippen molar-refractivity contribution in [2.75, 3.05) is 0 Å². The Kier molecular flexibility index (Phi) is 10.7. The normalized spacial score (nSPS) is 13.3. The van der Waals surface area contributed by atoms with Crippen molar-refractivity contribution in [3.05, 3.63) is 59.7 Å². The Morgan fingerprint density at radius 3 is 1.14 bits per heavy atom. The minimum atomic E-state index is -2.09. The van der Waals surface area contributed by atoms with Crippen LogP contribution in [0.15, 0.2) is 48.5 Å². The molecule has 0 N–H and O–H groups in total. The fourth-order valence-corrected chi connectivity index (χ4v) is 17.1. The van der Waals surface area contributed by atoms with Crippen LogP contribution in [0.25, 0.3) is 12.2 Å². The first-order valence-electron chi connectivity index (χ1n) is 14.0. The molecule has 200 valence electrons. The van der Waals surface area contributed by atoms with Gasteiger partial charge in [0.05, 0.1) is 0 Å². The van der Waals surface area contributed by atoms with E-state index < -0.39 is 16.6 Å². The summed E-state index contributed by atoms with van der Waals surface area (Å²) in [4.78, 5) is 0. The molecule has 2 nitrogen and oxygen atoms in total. The van der Waals surface area contributed by atoms with Gasteiger partial charge < -0.3 is 8.85 Å². The lowest BCUT2D eigenvalue weighted by atomic mass is 10.1. The zero-order valence-corrected chi connectivity index (χ0v) is 27.1. The highest BCUT2D eigenvalue weighted by molar-refractivity contribution is 6.78. The molecule has 4 heteroatoms. The molecule has 0 heterocycles. The van der Waals surface area contributed by atoms with Crippen LogP contribution in [-0.4, -0.2) is 16.6 Å². The third-order valence-corrected chi connectivity index (χ3v) is 20.2. The number of hydrogen-bond acceptors (Lipinski definition) is 2. The van der Waals surface area contributed by atoms with E-state index in [-0.39, 0.29) is 0 Å². The predicted molar refractivity (Wildman–Crippen MR) is 165 cm³/mol. The molecule has 0 atom stereocenters. The van der Waals surface area contributed by atoms with E-state index in [0.29, 0.717) is 33.2 Å². The van der Waals surface area contributed by atoms with Crippen LogP contribution in [0, 0.1) is 0 Å². The third-order valence-electron chi connectivity index (χ3n) is 8.17. The number of benzene rings is 2. The molecule has 2 rings (SSSR count). The van der Waals surface area contributed by atoms with Gasteiger partial charge in [0, 0.05) is 6.07 Å². The van der Waals surface area contributed by atoms with Crippen molar-refractivity contribution in [1.29, 1.82) is 0 Å². The molecular weight excluding hydrogens is 473 g/mol. The molecule has 0 radical (unpaired) electrons. The topological polar surface area (TPSA) is 18.5 Å². The van der Waals surface area contributed by atoms with Crippen molar-refractivity contribution in [3.63, 3.8) is 0 Å². The minimum Gasteiger partial charge on any atom is -0.543 e. The fraction of sp³-hybridized carbons (Fsp3) is 0.562. The molecule has 0 aliphatic carbocycles. The standard InChI is InChI=1S/C32H52O2Si2/c1-23(2)35(24(3)4,25(5)6)33-31-20-30(19-18-29-16-14-13-15-17-29)21-32(22-31)34-36(26(7)8,27(9)10)28(11)12/h13-28H,1-12H3/b19-18+. The smallest absolute Gasteiger partial charge is 0.258 e. The quantitative estimate of drug-likeness (QED) is 0.203. The molecule has 2 aromatic rings. The van der Waals surface area contributed by atoms with Crippen molar-refractivity contribution in [2.45, 2.75) is 116 Å². The Morgan fingerprint density at radius 2 is 0.806 bits per heavy atom. The van der Waals surface area contributed by atoms with Gasteiger partial charge in [-0.05, 0) is 56.5 Å². The fourth-order valence-electron chi connectivity index (χ4n) is 6.68.